The van der Waals surface area contributed by atoms with Crippen molar-refractivity contribution >= 4 is 11.8 Å². The predicted octanol–water partition coefficient (Wildman–Crippen LogP) is 1.26. The smallest absolute Gasteiger partial charge is 0.240 e. The molecule has 7 nitrogen and oxygen atoms in total. The molecule has 140 valence electrons. The van der Waals surface area contributed by atoms with Crippen LogP contribution in [-0.4, -0.2) is 39.9 Å². The highest BCUT2D eigenvalue weighted by Crippen LogP contribution is 2.20. The number of nitrogens with two attached hydrogens (primary N) is 1. The van der Waals surface area contributed by atoms with Gasteiger partial charge < -0.3 is 21.4 Å². The van der Waals surface area contributed by atoms with Crippen molar-refractivity contribution in [1.82, 2.24) is 20.6 Å². The lowest BCUT2D eigenvalue weighted by Crippen LogP contribution is -2.56. The summed E-state index contributed by atoms with van der Waals surface area (Å²) in [6.45, 7) is 4.14. The Morgan fingerprint density at radius 2 is 2.08 bits per heavy atom. The van der Waals surface area contributed by atoms with E-state index in [1.807, 2.05) is 0 Å². The molecule has 1 aromatic heterocycles. The number of hydrogen-bond acceptors (Lipinski definition) is 4. The molecular weight excluding hydrogens is 318 g/mol. The van der Waals surface area contributed by atoms with Crippen LogP contribution in [0.15, 0.2) is 12.5 Å². The van der Waals surface area contributed by atoms with Gasteiger partial charge in [0.2, 0.25) is 11.8 Å². The van der Waals surface area contributed by atoms with Gasteiger partial charge in [0, 0.05) is 24.4 Å². The van der Waals surface area contributed by atoms with Gasteiger partial charge in [-0.3, -0.25) is 9.59 Å². The van der Waals surface area contributed by atoms with Crippen molar-refractivity contribution in [2.24, 2.45) is 11.7 Å². The summed E-state index contributed by atoms with van der Waals surface area (Å²) in [7, 11) is 0. The molecule has 1 aliphatic rings. The molecule has 0 bridgehead atoms. The second kappa shape index (κ2) is 9.56. The maximum atomic E-state index is 12.9. The Bertz CT molecular complexity index is 540. The first-order valence-corrected chi connectivity index (χ1v) is 9.34. The first kappa shape index (κ1) is 19.4. The summed E-state index contributed by atoms with van der Waals surface area (Å²) in [6, 6.07) is -0.678. The van der Waals surface area contributed by atoms with E-state index in [4.69, 9.17) is 5.73 Å². The Hall–Kier alpha value is -1.89. The Morgan fingerprint density at radius 3 is 2.64 bits per heavy atom. The highest BCUT2D eigenvalue weighted by atomic mass is 16.2. The fourth-order valence-electron chi connectivity index (χ4n) is 3.36. The minimum atomic E-state index is -0.743. The average Bonchev–Trinajstić information content (AvgIpc) is 3.12. The lowest BCUT2D eigenvalue weighted by molar-refractivity contribution is -0.129. The van der Waals surface area contributed by atoms with Crippen LogP contribution in [0.1, 0.15) is 58.1 Å². The zero-order valence-corrected chi connectivity index (χ0v) is 15.3. The fraction of sp³-hybridized carbons (Fsp3) is 0.722. The number of nitrogens with zero attached hydrogens (tertiary/aromatic N) is 1. The maximum absolute atomic E-state index is 12.9. The third kappa shape index (κ3) is 5.85. The van der Waals surface area contributed by atoms with Crippen LogP contribution in [0.3, 0.4) is 0 Å². The van der Waals surface area contributed by atoms with Crippen molar-refractivity contribution in [2.75, 3.05) is 0 Å². The van der Waals surface area contributed by atoms with Gasteiger partial charge in [-0.15, -0.1) is 0 Å². The molecule has 0 radical (unpaired) electrons. The molecule has 25 heavy (non-hydrogen) atoms. The highest BCUT2D eigenvalue weighted by molar-refractivity contribution is 5.89. The van der Waals surface area contributed by atoms with Gasteiger partial charge in [0.05, 0.1) is 12.4 Å². The Kier molecular flexibility index (Phi) is 7.43. The largest absolute Gasteiger partial charge is 0.368 e. The zero-order valence-electron chi connectivity index (χ0n) is 15.3. The number of imidazole rings is 1. The Labute approximate surface area is 149 Å². The van der Waals surface area contributed by atoms with Crippen molar-refractivity contribution in [2.45, 2.75) is 76.9 Å². The van der Waals surface area contributed by atoms with Crippen LogP contribution in [0.25, 0.3) is 0 Å². The molecule has 1 heterocycles. The highest BCUT2D eigenvalue weighted by Gasteiger charge is 2.30. The molecule has 0 aliphatic heterocycles. The summed E-state index contributed by atoms with van der Waals surface area (Å²) in [6.07, 6.45) is 10.3. The third-order valence-corrected chi connectivity index (χ3v) is 5.15. The number of primary amides is 1. The first-order valence-electron chi connectivity index (χ1n) is 9.34. The van der Waals surface area contributed by atoms with Crippen molar-refractivity contribution in [1.29, 1.82) is 0 Å². The molecule has 1 fully saturated rings. The van der Waals surface area contributed by atoms with Crippen LogP contribution in [0.4, 0.5) is 0 Å². The van der Waals surface area contributed by atoms with Crippen LogP contribution in [-0.2, 0) is 16.0 Å². The number of aromatic nitrogens is 2. The van der Waals surface area contributed by atoms with Gasteiger partial charge in [-0.2, -0.15) is 0 Å². The van der Waals surface area contributed by atoms with E-state index in [1.54, 1.807) is 12.5 Å². The van der Waals surface area contributed by atoms with Crippen LogP contribution in [0, 0.1) is 5.92 Å². The standard InChI is InChI=1S/C18H31N5O2/c1-3-12(2)16(22-13-7-5-4-6-8-13)18(25)23-15(17(19)24)9-14-10-20-11-21-14/h10-13,15-16,22H,3-9H2,1-2H3,(H2,19,24)(H,20,21)(H,23,25)/t12-,15-,16-/m0/s1. The van der Waals surface area contributed by atoms with Gasteiger partial charge in [0.1, 0.15) is 6.04 Å². The number of rotatable bonds is 9. The fourth-order valence-corrected chi connectivity index (χ4v) is 3.36. The number of carbonyl (C=O) groups excluding carboxylic acids is 2. The zero-order chi connectivity index (χ0) is 18.2. The van der Waals surface area contributed by atoms with Gasteiger partial charge in [-0.25, -0.2) is 4.98 Å². The molecule has 0 spiro atoms. The monoisotopic (exact) mass is 349 g/mol. The van der Waals surface area contributed by atoms with Crippen molar-refractivity contribution in [3.63, 3.8) is 0 Å². The van der Waals surface area contributed by atoms with Gasteiger partial charge >= 0.3 is 0 Å². The minimum Gasteiger partial charge on any atom is -0.368 e. The SMILES string of the molecule is CC[C@H](C)[C@H](NC1CCCCC1)C(=O)N[C@@H](Cc1cnc[nH]1)C(N)=O. The Balaban J connectivity index is 2.01. The summed E-state index contributed by atoms with van der Waals surface area (Å²) >= 11 is 0. The lowest BCUT2D eigenvalue weighted by Gasteiger charge is -2.31. The van der Waals surface area contributed by atoms with E-state index in [9.17, 15) is 9.59 Å². The van der Waals surface area contributed by atoms with E-state index in [1.165, 1.54) is 19.3 Å². The number of amides is 2. The summed E-state index contributed by atoms with van der Waals surface area (Å²) in [5.74, 6) is -0.505. The topological polar surface area (TPSA) is 113 Å². The second-order valence-corrected chi connectivity index (χ2v) is 7.11. The predicted molar refractivity (Wildman–Crippen MR) is 96.7 cm³/mol. The minimum absolute atomic E-state index is 0.150. The molecule has 0 saturated heterocycles. The quantitative estimate of drug-likeness (QED) is 0.537. The van der Waals surface area contributed by atoms with Crippen molar-refractivity contribution in [3.05, 3.63) is 18.2 Å². The van der Waals surface area contributed by atoms with Gasteiger partial charge in [-0.05, 0) is 18.8 Å². The second-order valence-electron chi connectivity index (χ2n) is 7.11. The Morgan fingerprint density at radius 1 is 1.36 bits per heavy atom. The van der Waals surface area contributed by atoms with E-state index in [0.717, 1.165) is 25.0 Å². The van der Waals surface area contributed by atoms with Crippen LogP contribution < -0.4 is 16.4 Å². The molecule has 2 rings (SSSR count). The molecule has 1 saturated carbocycles. The third-order valence-electron chi connectivity index (χ3n) is 5.15. The van der Waals surface area contributed by atoms with Crippen LogP contribution >= 0.6 is 0 Å². The van der Waals surface area contributed by atoms with E-state index in [2.05, 4.69) is 34.4 Å². The lowest BCUT2D eigenvalue weighted by atomic mass is 9.91. The van der Waals surface area contributed by atoms with E-state index in [0.29, 0.717) is 12.5 Å². The summed E-state index contributed by atoms with van der Waals surface area (Å²) in [5.41, 5.74) is 6.25. The number of aromatic amines is 1. The van der Waals surface area contributed by atoms with Crippen molar-refractivity contribution in [3.8, 4) is 0 Å². The van der Waals surface area contributed by atoms with Gasteiger partial charge in [0.25, 0.3) is 0 Å². The van der Waals surface area contributed by atoms with Gasteiger partial charge in [0.15, 0.2) is 0 Å². The van der Waals surface area contributed by atoms with Crippen molar-refractivity contribution < 1.29 is 9.59 Å². The van der Waals surface area contributed by atoms with E-state index in [-0.39, 0.29) is 17.9 Å². The van der Waals surface area contributed by atoms with Crippen LogP contribution in [0.5, 0.6) is 0 Å². The molecule has 2 amide bonds. The molecule has 5 N–H and O–H groups in total. The normalized spacial score (nSPS) is 19.1. The molecule has 7 heteroatoms. The number of H-pyrrole nitrogens is 1. The number of hydrogen-bond donors (Lipinski definition) is 4. The first-order chi connectivity index (χ1) is 12.0. The average molecular weight is 349 g/mol. The molecule has 0 unspecified atom stereocenters. The number of carbonyl (C=O) groups is 2. The molecule has 3 atom stereocenters. The summed E-state index contributed by atoms with van der Waals surface area (Å²) < 4.78 is 0. The summed E-state index contributed by atoms with van der Waals surface area (Å²) in [4.78, 5) is 31.5. The summed E-state index contributed by atoms with van der Waals surface area (Å²) in [5, 5.41) is 6.36. The molecule has 1 aliphatic carbocycles. The molecule has 1 aromatic rings. The molecule has 0 aromatic carbocycles. The maximum Gasteiger partial charge on any atom is 0.240 e. The number of nitrogens with one attached hydrogen (secondary N) is 3. The van der Waals surface area contributed by atoms with E-state index < -0.39 is 11.9 Å². The van der Waals surface area contributed by atoms with E-state index >= 15 is 0 Å². The van der Waals surface area contributed by atoms with Gasteiger partial charge in [-0.1, -0.05) is 39.5 Å². The van der Waals surface area contributed by atoms with Crippen LogP contribution in [0.2, 0.25) is 0 Å². The molecular formula is C18H31N5O2.